The Labute approximate surface area is 256 Å². The molecule has 2 aliphatic rings. The number of carbonyl (C=O) groups is 1. The summed E-state index contributed by atoms with van der Waals surface area (Å²) >= 11 is 0. The van der Waals surface area contributed by atoms with E-state index in [2.05, 4.69) is 15.2 Å². The molecule has 1 atom stereocenters. The van der Waals surface area contributed by atoms with Crippen LogP contribution < -0.4 is 5.32 Å². The summed E-state index contributed by atoms with van der Waals surface area (Å²) in [5, 5.41) is 3.66. The fourth-order valence-electron chi connectivity index (χ4n) is 6.26. The Kier molecular flexibility index (Phi) is 8.47. The molecular formula is C34H32F6N4O. The number of likely N-dealkylation sites (tertiary alicyclic amines) is 2. The molecule has 2 fully saturated rings. The molecule has 0 unspecified atom stereocenters. The minimum atomic E-state index is -4.50. The summed E-state index contributed by atoms with van der Waals surface area (Å²) in [6.45, 7) is 3.59. The lowest BCUT2D eigenvalue weighted by Crippen LogP contribution is -2.42. The van der Waals surface area contributed by atoms with Gasteiger partial charge in [0.05, 0.1) is 22.2 Å². The maximum atomic E-state index is 14.2. The van der Waals surface area contributed by atoms with Gasteiger partial charge in [0.25, 0.3) is 5.91 Å². The molecule has 4 aromatic rings. The number of benzene rings is 3. The van der Waals surface area contributed by atoms with E-state index in [1.807, 2.05) is 4.90 Å². The van der Waals surface area contributed by atoms with Crippen LogP contribution in [-0.2, 0) is 18.9 Å². The summed E-state index contributed by atoms with van der Waals surface area (Å²) in [6, 6.07) is 16.6. The first-order valence-electron chi connectivity index (χ1n) is 15.0. The number of anilines is 1. The summed E-state index contributed by atoms with van der Waals surface area (Å²) in [5.41, 5.74) is 0.821. The van der Waals surface area contributed by atoms with Gasteiger partial charge in [-0.1, -0.05) is 30.3 Å². The summed E-state index contributed by atoms with van der Waals surface area (Å²) in [4.78, 5) is 23.2. The molecule has 0 saturated carbocycles. The number of alkyl halides is 6. The Morgan fingerprint density at radius 1 is 0.800 bits per heavy atom. The Bertz CT molecular complexity index is 1680. The van der Waals surface area contributed by atoms with Crippen molar-refractivity contribution in [1.82, 2.24) is 14.8 Å². The van der Waals surface area contributed by atoms with Crippen LogP contribution >= 0.6 is 0 Å². The molecule has 5 nitrogen and oxygen atoms in total. The molecule has 0 spiro atoms. The molecular weight excluding hydrogens is 594 g/mol. The van der Waals surface area contributed by atoms with E-state index >= 15 is 0 Å². The highest BCUT2D eigenvalue weighted by Gasteiger charge is 2.33. The van der Waals surface area contributed by atoms with Gasteiger partial charge in [0.1, 0.15) is 5.82 Å². The van der Waals surface area contributed by atoms with Gasteiger partial charge in [-0.15, -0.1) is 0 Å². The molecule has 3 aromatic carbocycles. The number of rotatable bonds is 7. The van der Waals surface area contributed by atoms with Crippen molar-refractivity contribution in [2.45, 2.75) is 50.6 Å². The van der Waals surface area contributed by atoms with Gasteiger partial charge >= 0.3 is 12.4 Å². The highest BCUT2D eigenvalue weighted by Crippen LogP contribution is 2.35. The number of hydrogen-bond acceptors (Lipinski definition) is 4. The Morgan fingerprint density at radius 3 is 2.22 bits per heavy atom. The number of nitrogens with one attached hydrogen (secondary N) is 1. The van der Waals surface area contributed by atoms with Crippen molar-refractivity contribution in [3.05, 3.63) is 95.1 Å². The van der Waals surface area contributed by atoms with Gasteiger partial charge in [0.2, 0.25) is 0 Å². The second-order valence-electron chi connectivity index (χ2n) is 11.7. The van der Waals surface area contributed by atoms with Crippen LogP contribution in [-0.4, -0.2) is 52.9 Å². The molecule has 45 heavy (non-hydrogen) atoms. The molecule has 0 bridgehead atoms. The van der Waals surface area contributed by atoms with Crippen LogP contribution in [0.15, 0.2) is 72.8 Å². The van der Waals surface area contributed by atoms with Gasteiger partial charge in [-0.25, -0.2) is 4.98 Å². The lowest BCUT2D eigenvalue weighted by atomic mass is 9.98. The van der Waals surface area contributed by atoms with Crippen molar-refractivity contribution < 1.29 is 31.1 Å². The van der Waals surface area contributed by atoms with Crippen LogP contribution in [0.25, 0.3) is 22.0 Å². The van der Waals surface area contributed by atoms with Crippen LogP contribution in [0.1, 0.15) is 52.7 Å². The van der Waals surface area contributed by atoms with Crippen LogP contribution in [0, 0.1) is 0 Å². The Hall–Kier alpha value is -4.12. The van der Waals surface area contributed by atoms with Crippen LogP contribution in [0.2, 0.25) is 0 Å². The maximum absolute atomic E-state index is 14.2. The predicted molar refractivity (Wildman–Crippen MR) is 161 cm³/mol. The van der Waals surface area contributed by atoms with Gasteiger partial charge in [-0.05, 0) is 97.9 Å². The molecule has 1 amide bonds. The van der Waals surface area contributed by atoms with E-state index in [0.717, 1.165) is 69.6 Å². The standard InChI is InChI=1S/C34H32F6N4O/c35-33(36,37)25-11-8-22(9-12-25)20-41-31-19-29(32(45)44-16-4-7-27(44)21-43-14-1-2-15-43)28-18-24(10-13-30(28)42-31)23-5-3-6-26(17-23)34(38,39)40/h3,5-6,8-13,17-19,27H,1-2,4,7,14-16,20-21H2,(H,41,42)/t27-/m0/s1. The number of amides is 1. The number of aromatic nitrogens is 1. The van der Waals surface area contributed by atoms with Crippen LogP contribution in [0.4, 0.5) is 32.2 Å². The third kappa shape index (κ3) is 6.93. The Balaban J connectivity index is 1.35. The first-order valence-corrected chi connectivity index (χ1v) is 15.0. The van der Waals surface area contributed by atoms with Crippen molar-refractivity contribution in [1.29, 1.82) is 0 Å². The summed E-state index contributed by atoms with van der Waals surface area (Å²) in [6.07, 6.45) is -4.88. The fourth-order valence-corrected chi connectivity index (χ4v) is 6.26. The van der Waals surface area contributed by atoms with Crippen molar-refractivity contribution in [2.75, 3.05) is 31.5 Å². The van der Waals surface area contributed by atoms with E-state index in [1.54, 1.807) is 30.3 Å². The second kappa shape index (κ2) is 12.3. The number of fused-ring (bicyclic) bond motifs is 1. The number of halogens is 6. The molecule has 2 saturated heterocycles. The second-order valence-corrected chi connectivity index (χ2v) is 11.7. The minimum absolute atomic E-state index is 0.0500. The topological polar surface area (TPSA) is 48.5 Å². The normalized spacial score (nSPS) is 17.7. The lowest BCUT2D eigenvalue weighted by Gasteiger charge is -2.29. The average Bonchev–Trinajstić information content (AvgIpc) is 3.71. The van der Waals surface area contributed by atoms with E-state index in [4.69, 9.17) is 0 Å². The van der Waals surface area contributed by atoms with E-state index in [-0.39, 0.29) is 18.5 Å². The van der Waals surface area contributed by atoms with Crippen molar-refractivity contribution in [3.63, 3.8) is 0 Å². The maximum Gasteiger partial charge on any atom is 0.416 e. The van der Waals surface area contributed by atoms with E-state index < -0.39 is 23.5 Å². The largest absolute Gasteiger partial charge is 0.416 e. The zero-order valence-corrected chi connectivity index (χ0v) is 24.4. The smallest absolute Gasteiger partial charge is 0.366 e. The number of carbonyl (C=O) groups excluding carboxylic acids is 1. The zero-order valence-electron chi connectivity index (χ0n) is 24.4. The van der Waals surface area contributed by atoms with Crippen molar-refractivity contribution >= 4 is 22.6 Å². The molecule has 3 heterocycles. The monoisotopic (exact) mass is 626 g/mol. The van der Waals surface area contributed by atoms with Gasteiger partial charge in [-0.2, -0.15) is 26.3 Å². The van der Waals surface area contributed by atoms with Crippen LogP contribution in [0.5, 0.6) is 0 Å². The number of pyridine rings is 1. The molecule has 2 aliphatic heterocycles. The zero-order chi connectivity index (χ0) is 31.8. The summed E-state index contributed by atoms with van der Waals surface area (Å²) < 4.78 is 79.4. The summed E-state index contributed by atoms with van der Waals surface area (Å²) in [7, 11) is 0. The third-order valence-electron chi connectivity index (χ3n) is 8.62. The van der Waals surface area contributed by atoms with Crippen molar-refractivity contribution in [2.24, 2.45) is 0 Å². The molecule has 1 aromatic heterocycles. The third-order valence-corrected chi connectivity index (χ3v) is 8.62. The molecule has 236 valence electrons. The predicted octanol–water partition coefficient (Wildman–Crippen LogP) is 8.25. The first-order chi connectivity index (χ1) is 21.5. The van der Waals surface area contributed by atoms with Gasteiger partial charge in [-0.3, -0.25) is 4.79 Å². The molecule has 6 rings (SSSR count). The number of nitrogens with zero attached hydrogens (tertiary/aromatic N) is 3. The van der Waals surface area contributed by atoms with Gasteiger partial charge in [0, 0.05) is 31.1 Å². The van der Waals surface area contributed by atoms with Crippen LogP contribution in [0.3, 0.4) is 0 Å². The lowest BCUT2D eigenvalue weighted by molar-refractivity contribution is -0.138. The van der Waals surface area contributed by atoms with E-state index in [0.29, 0.717) is 45.5 Å². The molecule has 0 aliphatic carbocycles. The average molecular weight is 627 g/mol. The molecule has 11 heteroatoms. The molecule has 1 N–H and O–H groups in total. The highest BCUT2D eigenvalue weighted by molar-refractivity contribution is 6.08. The summed E-state index contributed by atoms with van der Waals surface area (Å²) in [5.74, 6) is 0.190. The fraction of sp³-hybridized carbons (Fsp3) is 0.353. The SMILES string of the molecule is O=C(c1cc(NCc2ccc(C(F)(F)F)cc2)nc2ccc(-c3cccc(C(F)(F)F)c3)cc12)N1CCC[C@H]1CN1CCCC1. The van der Waals surface area contributed by atoms with Gasteiger partial charge < -0.3 is 15.1 Å². The minimum Gasteiger partial charge on any atom is -0.366 e. The molecule has 0 radical (unpaired) electrons. The van der Waals surface area contributed by atoms with Crippen molar-refractivity contribution in [3.8, 4) is 11.1 Å². The van der Waals surface area contributed by atoms with E-state index in [1.165, 1.54) is 18.2 Å². The van der Waals surface area contributed by atoms with E-state index in [9.17, 15) is 31.1 Å². The quantitative estimate of drug-likeness (QED) is 0.210. The number of hydrogen-bond donors (Lipinski definition) is 1. The highest BCUT2D eigenvalue weighted by atomic mass is 19.4. The Morgan fingerprint density at radius 2 is 1.51 bits per heavy atom. The first kappa shape index (κ1) is 30.9. The van der Waals surface area contributed by atoms with Gasteiger partial charge in [0.15, 0.2) is 0 Å².